The standard InChI is InChI=1S/C15H21N3/c1-18(12-15-6-3-7-17-10-15)11-14-5-2-4-13(8-14)9-16/h2,4-5,8,15,17H,3,6-7,10-12H2,1H3. The van der Waals surface area contributed by atoms with Gasteiger partial charge in [-0.15, -0.1) is 0 Å². The minimum Gasteiger partial charge on any atom is -0.316 e. The Morgan fingerprint density at radius 2 is 2.39 bits per heavy atom. The highest BCUT2D eigenvalue weighted by Gasteiger charge is 2.14. The number of nitrogens with one attached hydrogen (secondary N) is 1. The lowest BCUT2D eigenvalue weighted by Gasteiger charge is -2.27. The molecule has 0 spiro atoms. The fourth-order valence-electron chi connectivity index (χ4n) is 2.64. The summed E-state index contributed by atoms with van der Waals surface area (Å²) in [6.45, 7) is 4.36. The number of hydrogen-bond acceptors (Lipinski definition) is 3. The second-order valence-electron chi connectivity index (χ2n) is 5.22. The molecule has 0 aromatic heterocycles. The zero-order valence-corrected chi connectivity index (χ0v) is 11.0. The third-order valence-corrected chi connectivity index (χ3v) is 3.48. The van der Waals surface area contributed by atoms with Crippen LogP contribution in [0.2, 0.25) is 0 Å². The molecular formula is C15H21N3. The van der Waals surface area contributed by atoms with Crippen LogP contribution in [0.25, 0.3) is 0 Å². The minimum absolute atomic E-state index is 0.750. The van der Waals surface area contributed by atoms with E-state index in [1.54, 1.807) is 0 Å². The van der Waals surface area contributed by atoms with Crippen LogP contribution in [-0.2, 0) is 6.54 Å². The van der Waals surface area contributed by atoms with E-state index < -0.39 is 0 Å². The van der Waals surface area contributed by atoms with E-state index in [4.69, 9.17) is 5.26 Å². The molecule has 0 radical (unpaired) electrons. The Labute approximate surface area is 109 Å². The first kappa shape index (κ1) is 13.1. The first-order valence-corrected chi connectivity index (χ1v) is 6.66. The van der Waals surface area contributed by atoms with E-state index in [0.29, 0.717) is 0 Å². The monoisotopic (exact) mass is 243 g/mol. The van der Waals surface area contributed by atoms with Gasteiger partial charge < -0.3 is 10.2 Å². The fourth-order valence-corrected chi connectivity index (χ4v) is 2.64. The third-order valence-electron chi connectivity index (χ3n) is 3.48. The van der Waals surface area contributed by atoms with Gasteiger partial charge in [-0.1, -0.05) is 12.1 Å². The van der Waals surface area contributed by atoms with Crippen LogP contribution < -0.4 is 5.32 Å². The fraction of sp³-hybridized carbons (Fsp3) is 0.533. The van der Waals surface area contributed by atoms with Crippen LogP contribution in [0.4, 0.5) is 0 Å². The predicted octanol–water partition coefficient (Wildman–Crippen LogP) is 1.99. The molecule has 0 aliphatic carbocycles. The van der Waals surface area contributed by atoms with E-state index in [1.165, 1.54) is 24.9 Å². The number of nitrogens with zero attached hydrogens (tertiary/aromatic N) is 2. The van der Waals surface area contributed by atoms with Crippen molar-refractivity contribution in [3.63, 3.8) is 0 Å². The maximum Gasteiger partial charge on any atom is 0.0991 e. The highest BCUT2D eigenvalue weighted by molar-refractivity contribution is 5.32. The molecule has 1 aromatic rings. The maximum atomic E-state index is 8.89. The number of hydrogen-bond donors (Lipinski definition) is 1. The van der Waals surface area contributed by atoms with Crippen molar-refractivity contribution in [3.8, 4) is 6.07 Å². The number of rotatable bonds is 4. The first-order valence-electron chi connectivity index (χ1n) is 6.66. The van der Waals surface area contributed by atoms with E-state index >= 15 is 0 Å². The largest absolute Gasteiger partial charge is 0.316 e. The molecule has 1 fully saturated rings. The van der Waals surface area contributed by atoms with Crippen molar-refractivity contribution in [1.82, 2.24) is 10.2 Å². The van der Waals surface area contributed by atoms with E-state index in [1.807, 2.05) is 18.2 Å². The van der Waals surface area contributed by atoms with Gasteiger partial charge in [0.1, 0.15) is 0 Å². The second-order valence-corrected chi connectivity index (χ2v) is 5.22. The highest BCUT2D eigenvalue weighted by Crippen LogP contribution is 2.13. The quantitative estimate of drug-likeness (QED) is 0.879. The molecule has 0 saturated carbocycles. The van der Waals surface area contributed by atoms with Crippen molar-refractivity contribution in [2.45, 2.75) is 19.4 Å². The zero-order valence-electron chi connectivity index (χ0n) is 11.0. The average molecular weight is 243 g/mol. The van der Waals surface area contributed by atoms with E-state index in [-0.39, 0.29) is 0 Å². The van der Waals surface area contributed by atoms with E-state index in [0.717, 1.165) is 31.1 Å². The van der Waals surface area contributed by atoms with Gasteiger partial charge in [-0.2, -0.15) is 5.26 Å². The Hall–Kier alpha value is -1.37. The minimum atomic E-state index is 0.750. The lowest BCUT2D eigenvalue weighted by atomic mass is 9.99. The van der Waals surface area contributed by atoms with Gasteiger partial charge in [-0.05, 0) is 56.6 Å². The smallest absolute Gasteiger partial charge is 0.0991 e. The Kier molecular flexibility index (Phi) is 4.74. The maximum absolute atomic E-state index is 8.89. The summed E-state index contributed by atoms with van der Waals surface area (Å²) in [5, 5.41) is 12.3. The molecule has 1 heterocycles. The molecule has 0 amide bonds. The molecule has 1 atom stereocenters. The van der Waals surface area contributed by atoms with Gasteiger partial charge in [0, 0.05) is 13.1 Å². The molecule has 1 saturated heterocycles. The summed E-state index contributed by atoms with van der Waals surface area (Å²) >= 11 is 0. The van der Waals surface area contributed by atoms with E-state index in [9.17, 15) is 0 Å². The SMILES string of the molecule is CN(Cc1cccc(C#N)c1)CC1CCCNC1. The summed E-state index contributed by atoms with van der Waals surface area (Å²) < 4.78 is 0. The molecular weight excluding hydrogens is 222 g/mol. The highest BCUT2D eigenvalue weighted by atomic mass is 15.1. The van der Waals surface area contributed by atoms with Crippen LogP contribution in [0.3, 0.4) is 0 Å². The summed E-state index contributed by atoms with van der Waals surface area (Å²) in [7, 11) is 2.16. The van der Waals surface area contributed by atoms with Crippen LogP contribution in [-0.4, -0.2) is 31.6 Å². The molecule has 1 unspecified atom stereocenters. The Balaban J connectivity index is 1.86. The molecule has 0 bridgehead atoms. The molecule has 3 nitrogen and oxygen atoms in total. The van der Waals surface area contributed by atoms with Crippen molar-refractivity contribution in [3.05, 3.63) is 35.4 Å². The first-order chi connectivity index (χ1) is 8.78. The Bertz CT molecular complexity index is 416. The molecule has 96 valence electrons. The Morgan fingerprint density at radius 1 is 1.50 bits per heavy atom. The predicted molar refractivity (Wildman–Crippen MR) is 73.1 cm³/mol. The molecule has 3 heteroatoms. The van der Waals surface area contributed by atoms with Crippen molar-refractivity contribution >= 4 is 0 Å². The summed E-state index contributed by atoms with van der Waals surface area (Å²) in [5.41, 5.74) is 1.97. The molecule has 1 aromatic carbocycles. The lowest BCUT2D eigenvalue weighted by molar-refractivity contribution is 0.237. The normalized spacial score (nSPS) is 19.7. The Morgan fingerprint density at radius 3 is 3.11 bits per heavy atom. The number of benzene rings is 1. The van der Waals surface area contributed by atoms with Crippen molar-refractivity contribution in [2.24, 2.45) is 5.92 Å². The van der Waals surface area contributed by atoms with Crippen LogP contribution in [0.15, 0.2) is 24.3 Å². The molecule has 18 heavy (non-hydrogen) atoms. The number of nitriles is 1. The third kappa shape index (κ3) is 3.83. The van der Waals surface area contributed by atoms with Crippen LogP contribution >= 0.6 is 0 Å². The second kappa shape index (κ2) is 6.53. The summed E-state index contributed by atoms with van der Waals surface area (Å²) in [6, 6.07) is 10.1. The molecule has 1 N–H and O–H groups in total. The van der Waals surface area contributed by atoms with Gasteiger partial charge in [-0.25, -0.2) is 0 Å². The van der Waals surface area contributed by atoms with Crippen molar-refractivity contribution < 1.29 is 0 Å². The van der Waals surface area contributed by atoms with Gasteiger partial charge in [0.25, 0.3) is 0 Å². The van der Waals surface area contributed by atoms with Gasteiger partial charge in [0.05, 0.1) is 11.6 Å². The zero-order chi connectivity index (χ0) is 12.8. The average Bonchev–Trinajstić information content (AvgIpc) is 2.40. The molecule has 2 rings (SSSR count). The lowest BCUT2D eigenvalue weighted by Crippen LogP contribution is -2.36. The van der Waals surface area contributed by atoms with Crippen LogP contribution in [0, 0.1) is 17.2 Å². The topological polar surface area (TPSA) is 39.1 Å². The molecule has 1 aliphatic heterocycles. The van der Waals surface area contributed by atoms with Gasteiger partial charge in [-0.3, -0.25) is 0 Å². The summed E-state index contributed by atoms with van der Waals surface area (Å²) in [5.74, 6) is 0.767. The molecule has 1 aliphatic rings. The number of piperidine rings is 1. The van der Waals surface area contributed by atoms with Gasteiger partial charge >= 0.3 is 0 Å². The van der Waals surface area contributed by atoms with Crippen LogP contribution in [0.5, 0.6) is 0 Å². The van der Waals surface area contributed by atoms with E-state index in [2.05, 4.69) is 29.4 Å². The van der Waals surface area contributed by atoms with Crippen molar-refractivity contribution in [2.75, 3.05) is 26.7 Å². The summed E-state index contributed by atoms with van der Waals surface area (Å²) in [6.07, 6.45) is 2.62. The van der Waals surface area contributed by atoms with Crippen molar-refractivity contribution in [1.29, 1.82) is 5.26 Å². The van der Waals surface area contributed by atoms with Gasteiger partial charge in [0.2, 0.25) is 0 Å². The summed E-state index contributed by atoms with van der Waals surface area (Å²) in [4.78, 5) is 2.36. The van der Waals surface area contributed by atoms with Gasteiger partial charge in [0.15, 0.2) is 0 Å². The van der Waals surface area contributed by atoms with Crippen LogP contribution in [0.1, 0.15) is 24.0 Å².